The van der Waals surface area contributed by atoms with E-state index in [1.807, 2.05) is 12.1 Å². The van der Waals surface area contributed by atoms with E-state index in [1.165, 1.54) is 12.8 Å². The Morgan fingerprint density at radius 1 is 1.39 bits per heavy atom. The van der Waals surface area contributed by atoms with Gasteiger partial charge in [-0.05, 0) is 38.8 Å². The first-order chi connectivity index (χ1) is 8.70. The van der Waals surface area contributed by atoms with Gasteiger partial charge in [-0.15, -0.1) is 0 Å². The molecule has 1 aromatic heterocycles. The van der Waals surface area contributed by atoms with Gasteiger partial charge in [0.1, 0.15) is 0 Å². The molecule has 4 nitrogen and oxygen atoms in total. The van der Waals surface area contributed by atoms with E-state index in [9.17, 15) is 0 Å². The summed E-state index contributed by atoms with van der Waals surface area (Å²) in [7, 11) is 1.66. The fourth-order valence-electron chi connectivity index (χ4n) is 2.44. The normalized spacial score (nSPS) is 18.0. The van der Waals surface area contributed by atoms with Crippen molar-refractivity contribution in [2.24, 2.45) is 0 Å². The van der Waals surface area contributed by atoms with Crippen LogP contribution < -0.4 is 10.1 Å². The predicted molar refractivity (Wildman–Crippen MR) is 74.1 cm³/mol. The van der Waals surface area contributed by atoms with E-state index in [0.29, 0.717) is 18.0 Å². The summed E-state index contributed by atoms with van der Waals surface area (Å²) in [6, 6.07) is 5.14. The molecule has 1 fully saturated rings. The van der Waals surface area contributed by atoms with Gasteiger partial charge in [-0.1, -0.05) is 0 Å². The second-order valence-electron chi connectivity index (χ2n) is 5.11. The third-order valence-corrected chi connectivity index (χ3v) is 3.58. The van der Waals surface area contributed by atoms with Crippen molar-refractivity contribution >= 4 is 5.69 Å². The zero-order valence-electron chi connectivity index (χ0n) is 11.5. The third kappa shape index (κ3) is 3.13. The Hall–Kier alpha value is -1.29. The summed E-state index contributed by atoms with van der Waals surface area (Å²) in [5.74, 6) is 0.684. The van der Waals surface area contributed by atoms with Gasteiger partial charge in [0.05, 0.1) is 12.8 Å². The van der Waals surface area contributed by atoms with E-state index >= 15 is 0 Å². The minimum Gasteiger partial charge on any atom is -0.480 e. The average Bonchev–Trinajstić information content (AvgIpc) is 2.40. The Morgan fingerprint density at radius 3 is 2.72 bits per heavy atom. The van der Waals surface area contributed by atoms with Gasteiger partial charge in [0, 0.05) is 31.4 Å². The summed E-state index contributed by atoms with van der Waals surface area (Å²) in [4.78, 5) is 6.74. The minimum absolute atomic E-state index is 0.526. The monoisotopic (exact) mass is 249 g/mol. The van der Waals surface area contributed by atoms with Crippen molar-refractivity contribution in [3.8, 4) is 5.88 Å². The summed E-state index contributed by atoms with van der Waals surface area (Å²) in [5, 5.41) is 3.55. The molecule has 4 heteroatoms. The van der Waals surface area contributed by atoms with Crippen LogP contribution in [0.25, 0.3) is 0 Å². The van der Waals surface area contributed by atoms with Crippen molar-refractivity contribution in [3.63, 3.8) is 0 Å². The van der Waals surface area contributed by atoms with Gasteiger partial charge >= 0.3 is 0 Å². The number of rotatable bonds is 4. The van der Waals surface area contributed by atoms with Crippen LogP contribution in [0.2, 0.25) is 0 Å². The summed E-state index contributed by atoms with van der Waals surface area (Å²) in [6.07, 6.45) is 4.11. The molecule has 100 valence electrons. The molecule has 0 unspecified atom stereocenters. The van der Waals surface area contributed by atoms with Crippen molar-refractivity contribution < 1.29 is 4.74 Å². The Labute approximate surface area is 109 Å². The summed E-state index contributed by atoms with van der Waals surface area (Å²) in [6.45, 7) is 6.85. The van der Waals surface area contributed by atoms with Crippen molar-refractivity contribution in [1.82, 2.24) is 9.88 Å². The number of hydrogen-bond donors (Lipinski definition) is 1. The molecular weight excluding hydrogens is 226 g/mol. The summed E-state index contributed by atoms with van der Waals surface area (Å²) in [5.41, 5.74) is 1.00. The van der Waals surface area contributed by atoms with Crippen LogP contribution in [0.4, 0.5) is 5.69 Å². The van der Waals surface area contributed by atoms with Crippen molar-refractivity contribution in [2.45, 2.75) is 38.8 Å². The molecule has 0 amide bonds. The maximum absolute atomic E-state index is 5.26. The number of nitrogens with one attached hydrogen (secondary N) is 1. The highest BCUT2D eigenvalue weighted by Gasteiger charge is 2.21. The molecule has 1 aromatic rings. The van der Waals surface area contributed by atoms with E-state index in [0.717, 1.165) is 18.8 Å². The predicted octanol–water partition coefficient (Wildman–Crippen LogP) is 2.37. The first-order valence-electron chi connectivity index (χ1n) is 6.70. The number of ether oxygens (including phenoxy) is 1. The lowest BCUT2D eigenvalue weighted by molar-refractivity contribution is 0.177. The lowest BCUT2D eigenvalue weighted by Gasteiger charge is -2.35. The molecular formula is C14H23N3O. The van der Waals surface area contributed by atoms with Crippen LogP contribution in [0.15, 0.2) is 18.3 Å². The number of likely N-dealkylation sites (tertiary alicyclic amines) is 1. The van der Waals surface area contributed by atoms with Crippen LogP contribution in [0.3, 0.4) is 0 Å². The number of pyridine rings is 1. The number of nitrogens with zero attached hydrogens (tertiary/aromatic N) is 2. The smallest absolute Gasteiger partial charge is 0.237 e. The number of aromatic nitrogens is 1. The average molecular weight is 249 g/mol. The van der Waals surface area contributed by atoms with E-state index in [1.54, 1.807) is 13.3 Å². The molecule has 0 saturated carbocycles. The van der Waals surface area contributed by atoms with Crippen LogP contribution in [0.1, 0.15) is 26.7 Å². The first kappa shape index (κ1) is 13.1. The summed E-state index contributed by atoms with van der Waals surface area (Å²) < 4.78 is 5.26. The Morgan fingerprint density at radius 2 is 2.11 bits per heavy atom. The molecule has 0 aliphatic carbocycles. The summed E-state index contributed by atoms with van der Waals surface area (Å²) >= 11 is 0. The molecule has 0 atom stereocenters. The zero-order valence-corrected chi connectivity index (χ0v) is 11.5. The van der Waals surface area contributed by atoms with Gasteiger partial charge in [-0.2, -0.15) is 0 Å². The van der Waals surface area contributed by atoms with Crippen LogP contribution >= 0.6 is 0 Å². The largest absolute Gasteiger partial charge is 0.480 e. The molecule has 0 spiro atoms. The van der Waals surface area contributed by atoms with E-state index < -0.39 is 0 Å². The van der Waals surface area contributed by atoms with E-state index in [4.69, 9.17) is 4.74 Å². The van der Waals surface area contributed by atoms with Gasteiger partial charge in [-0.25, -0.2) is 4.98 Å². The Bertz CT molecular complexity index is 373. The molecule has 0 bridgehead atoms. The molecule has 1 saturated heterocycles. The highest BCUT2D eigenvalue weighted by atomic mass is 16.5. The molecule has 2 rings (SSSR count). The lowest BCUT2D eigenvalue weighted by Crippen LogP contribution is -2.42. The van der Waals surface area contributed by atoms with Gasteiger partial charge in [0.15, 0.2) is 0 Å². The molecule has 0 radical (unpaired) electrons. The molecule has 18 heavy (non-hydrogen) atoms. The van der Waals surface area contributed by atoms with Crippen LogP contribution in [0, 0.1) is 0 Å². The number of methoxy groups -OCH3 is 1. The first-order valence-corrected chi connectivity index (χ1v) is 6.70. The van der Waals surface area contributed by atoms with E-state index in [2.05, 4.69) is 29.0 Å². The topological polar surface area (TPSA) is 37.4 Å². The Balaban J connectivity index is 1.91. The van der Waals surface area contributed by atoms with Crippen LogP contribution in [-0.2, 0) is 0 Å². The van der Waals surface area contributed by atoms with Crippen molar-refractivity contribution in [1.29, 1.82) is 0 Å². The molecule has 1 N–H and O–H groups in total. The molecule has 1 aliphatic heterocycles. The SMILES string of the molecule is COc1ncccc1NC1CCN(C(C)C)CC1. The quantitative estimate of drug-likeness (QED) is 0.889. The third-order valence-electron chi connectivity index (χ3n) is 3.58. The highest BCUT2D eigenvalue weighted by Crippen LogP contribution is 2.24. The lowest BCUT2D eigenvalue weighted by atomic mass is 10.0. The minimum atomic E-state index is 0.526. The van der Waals surface area contributed by atoms with Gasteiger partial charge in [0.2, 0.25) is 5.88 Å². The number of hydrogen-bond acceptors (Lipinski definition) is 4. The maximum Gasteiger partial charge on any atom is 0.237 e. The number of anilines is 1. The van der Waals surface area contributed by atoms with Crippen LogP contribution in [0.5, 0.6) is 5.88 Å². The van der Waals surface area contributed by atoms with Gasteiger partial charge < -0.3 is 15.0 Å². The fourth-order valence-corrected chi connectivity index (χ4v) is 2.44. The fraction of sp³-hybridized carbons (Fsp3) is 0.643. The van der Waals surface area contributed by atoms with Gasteiger partial charge in [-0.3, -0.25) is 0 Å². The van der Waals surface area contributed by atoms with Crippen molar-refractivity contribution in [2.75, 3.05) is 25.5 Å². The van der Waals surface area contributed by atoms with Gasteiger partial charge in [0.25, 0.3) is 0 Å². The highest BCUT2D eigenvalue weighted by molar-refractivity contribution is 5.52. The molecule has 1 aliphatic rings. The maximum atomic E-state index is 5.26. The second kappa shape index (κ2) is 6.05. The second-order valence-corrected chi connectivity index (χ2v) is 5.11. The molecule has 0 aromatic carbocycles. The zero-order chi connectivity index (χ0) is 13.0. The number of piperidine rings is 1. The standard InChI is InChI=1S/C14H23N3O/c1-11(2)17-9-6-12(7-10-17)16-13-5-4-8-15-14(13)18-3/h4-5,8,11-12,16H,6-7,9-10H2,1-3H3. The van der Waals surface area contributed by atoms with Crippen molar-refractivity contribution in [3.05, 3.63) is 18.3 Å². The Kier molecular flexibility index (Phi) is 4.42. The van der Waals surface area contributed by atoms with E-state index in [-0.39, 0.29) is 0 Å². The molecule has 2 heterocycles. The van der Waals surface area contributed by atoms with Crippen LogP contribution in [-0.4, -0.2) is 42.2 Å².